The maximum Gasteiger partial charge on any atom is 0.351 e. The number of nitrogens with zero attached hydrogens (tertiary/aromatic N) is 2. The Morgan fingerprint density at radius 2 is 2.16 bits per heavy atom. The summed E-state index contributed by atoms with van der Waals surface area (Å²) in [5.41, 5.74) is 2.56. The maximum atomic E-state index is 14.0. The fourth-order valence-corrected chi connectivity index (χ4v) is 2.32. The fourth-order valence-electron chi connectivity index (χ4n) is 2.32. The third kappa shape index (κ3) is 1.52. The molecule has 104 valence electrons. The predicted molar refractivity (Wildman–Crippen MR) is 57.3 cm³/mol. The van der Waals surface area contributed by atoms with Crippen molar-refractivity contribution in [2.75, 3.05) is 5.73 Å². The lowest BCUT2D eigenvalue weighted by Gasteiger charge is -2.20. The molecule has 7 nitrogen and oxygen atoms in total. The van der Waals surface area contributed by atoms with Crippen LogP contribution in [0.3, 0.4) is 0 Å². The predicted octanol–water partition coefficient (Wildman–Crippen LogP) is -1.15. The monoisotopic (exact) mass is 275 g/mol. The number of rotatable bonds is 1. The molecule has 0 bridgehead atoms. The van der Waals surface area contributed by atoms with E-state index in [4.69, 9.17) is 10.5 Å². The average molecular weight is 275 g/mol. The Labute approximate surface area is 105 Å². The molecule has 1 aliphatic carbocycles. The van der Waals surface area contributed by atoms with Gasteiger partial charge in [-0.1, -0.05) is 0 Å². The van der Waals surface area contributed by atoms with E-state index in [1.165, 1.54) is 6.07 Å². The van der Waals surface area contributed by atoms with E-state index < -0.39 is 35.6 Å². The summed E-state index contributed by atoms with van der Waals surface area (Å²) in [5, 5.41) is 19.0. The Balaban J connectivity index is 2.04. The molecule has 0 amide bonds. The van der Waals surface area contributed by atoms with Crippen LogP contribution in [0, 0.1) is 0 Å². The number of aromatic nitrogens is 2. The van der Waals surface area contributed by atoms with E-state index in [0.717, 1.165) is 6.20 Å². The van der Waals surface area contributed by atoms with Gasteiger partial charge in [0.15, 0.2) is 6.10 Å². The maximum absolute atomic E-state index is 14.0. The lowest BCUT2D eigenvalue weighted by atomic mass is 10.1. The molecular weight excluding hydrogens is 264 g/mol. The molecule has 19 heavy (non-hydrogen) atoms. The molecule has 2 aliphatic rings. The molecule has 2 heterocycles. The Kier molecular flexibility index (Phi) is 2.29. The van der Waals surface area contributed by atoms with Gasteiger partial charge in [0.25, 0.3) is 0 Å². The molecule has 3 rings (SSSR count). The average Bonchev–Trinajstić information content (AvgIpc) is 2.92. The van der Waals surface area contributed by atoms with Crippen LogP contribution in [-0.4, -0.2) is 43.5 Å². The highest BCUT2D eigenvalue weighted by molar-refractivity contribution is 5.25. The molecule has 1 aromatic rings. The number of nitrogens with two attached hydrogens (primary N) is 1. The third-order valence-corrected chi connectivity index (χ3v) is 3.51. The van der Waals surface area contributed by atoms with Gasteiger partial charge in [-0.15, -0.1) is 0 Å². The van der Waals surface area contributed by atoms with E-state index in [1.54, 1.807) is 0 Å². The summed E-state index contributed by atoms with van der Waals surface area (Å²) >= 11 is 0. The standard InChI is InChI=1S/C10H11F2N3O4/c11-10(12)6(17)9(3-4(9)16)19-7(10)15-2-1-5(13)14-8(15)18/h1-2,4,6-7,16-17H,3H2,(H2,13,14,18)/t4?,6-,7-,9?/m1/s1. The second-order valence-electron chi connectivity index (χ2n) is 4.76. The number of halogens is 2. The fraction of sp³-hybridized carbons (Fsp3) is 0.600. The smallest absolute Gasteiger partial charge is 0.351 e. The first-order valence-corrected chi connectivity index (χ1v) is 5.55. The minimum Gasteiger partial charge on any atom is -0.390 e. The van der Waals surface area contributed by atoms with E-state index in [0.29, 0.717) is 4.57 Å². The van der Waals surface area contributed by atoms with Gasteiger partial charge >= 0.3 is 11.6 Å². The SMILES string of the molecule is Nc1ccn([C@@H]2OC3(CC3O)[C@@H](O)C2(F)F)c(=O)n1. The number of hydrogen-bond acceptors (Lipinski definition) is 6. The van der Waals surface area contributed by atoms with Gasteiger partial charge in [0, 0.05) is 12.6 Å². The van der Waals surface area contributed by atoms with E-state index in [-0.39, 0.29) is 12.2 Å². The third-order valence-electron chi connectivity index (χ3n) is 3.51. The molecule has 0 radical (unpaired) electrons. The lowest BCUT2D eigenvalue weighted by Crippen LogP contribution is -2.42. The van der Waals surface area contributed by atoms with Gasteiger partial charge in [-0.2, -0.15) is 13.8 Å². The molecule has 1 saturated heterocycles. The van der Waals surface area contributed by atoms with Crippen LogP contribution in [0.1, 0.15) is 12.6 Å². The first-order valence-electron chi connectivity index (χ1n) is 5.55. The van der Waals surface area contributed by atoms with E-state index in [2.05, 4.69) is 4.98 Å². The zero-order valence-corrected chi connectivity index (χ0v) is 9.53. The Bertz CT molecular complexity index is 592. The Morgan fingerprint density at radius 1 is 1.53 bits per heavy atom. The van der Waals surface area contributed by atoms with Gasteiger partial charge in [-0.25, -0.2) is 4.79 Å². The van der Waals surface area contributed by atoms with Gasteiger partial charge in [0.2, 0.25) is 6.23 Å². The largest absolute Gasteiger partial charge is 0.390 e. The van der Waals surface area contributed by atoms with Crippen LogP contribution in [0.5, 0.6) is 0 Å². The highest BCUT2D eigenvalue weighted by atomic mass is 19.3. The molecule has 1 spiro atoms. The van der Waals surface area contributed by atoms with Crippen molar-refractivity contribution in [1.29, 1.82) is 0 Å². The van der Waals surface area contributed by atoms with Gasteiger partial charge in [-0.05, 0) is 6.07 Å². The Morgan fingerprint density at radius 3 is 2.63 bits per heavy atom. The summed E-state index contributed by atoms with van der Waals surface area (Å²) in [6, 6.07) is 1.17. The van der Waals surface area contributed by atoms with Crippen LogP contribution in [0.15, 0.2) is 17.1 Å². The van der Waals surface area contributed by atoms with E-state index in [1.807, 2.05) is 0 Å². The van der Waals surface area contributed by atoms with Crippen molar-refractivity contribution in [2.24, 2.45) is 0 Å². The minimum atomic E-state index is -3.71. The van der Waals surface area contributed by atoms with E-state index >= 15 is 0 Å². The van der Waals surface area contributed by atoms with E-state index in [9.17, 15) is 23.8 Å². The molecular formula is C10H11F2N3O4. The van der Waals surface area contributed by atoms with Crippen molar-refractivity contribution < 1.29 is 23.7 Å². The molecule has 2 unspecified atom stereocenters. The highest BCUT2D eigenvalue weighted by Crippen LogP contribution is 2.58. The molecule has 1 aromatic heterocycles. The van der Waals surface area contributed by atoms with Crippen molar-refractivity contribution in [3.05, 3.63) is 22.7 Å². The van der Waals surface area contributed by atoms with Gasteiger partial charge < -0.3 is 20.7 Å². The zero-order valence-electron chi connectivity index (χ0n) is 9.53. The number of aliphatic hydroxyl groups is 2. The first-order chi connectivity index (χ1) is 8.79. The van der Waals surface area contributed by atoms with Crippen molar-refractivity contribution in [3.63, 3.8) is 0 Å². The second-order valence-corrected chi connectivity index (χ2v) is 4.76. The zero-order chi connectivity index (χ0) is 14.0. The summed E-state index contributed by atoms with van der Waals surface area (Å²) in [5.74, 6) is -3.82. The lowest BCUT2D eigenvalue weighted by molar-refractivity contribution is -0.141. The van der Waals surface area contributed by atoms with Crippen LogP contribution in [-0.2, 0) is 4.74 Å². The molecule has 4 atom stereocenters. The van der Waals surface area contributed by atoms with Crippen LogP contribution in [0.4, 0.5) is 14.6 Å². The molecule has 1 aliphatic heterocycles. The summed E-state index contributed by atoms with van der Waals surface area (Å²) in [6.07, 6.45) is -4.44. The van der Waals surface area contributed by atoms with Crippen molar-refractivity contribution >= 4 is 5.82 Å². The normalized spacial score (nSPS) is 39.7. The number of hydrogen-bond donors (Lipinski definition) is 3. The van der Waals surface area contributed by atoms with Crippen LogP contribution >= 0.6 is 0 Å². The quantitative estimate of drug-likeness (QED) is 0.597. The van der Waals surface area contributed by atoms with Crippen LogP contribution in [0.2, 0.25) is 0 Å². The number of anilines is 1. The summed E-state index contributed by atoms with van der Waals surface area (Å²) in [6.45, 7) is 0. The van der Waals surface area contributed by atoms with Crippen molar-refractivity contribution in [1.82, 2.24) is 9.55 Å². The summed E-state index contributed by atoms with van der Waals surface area (Å²) in [7, 11) is 0. The molecule has 4 N–H and O–H groups in total. The molecule has 0 aromatic carbocycles. The molecule has 2 fully saturated rings. The number of ether oxygens (including phenoxy) is 1. The van der Waals surface area contributed by atoms with Crippen molar-refractivity contribution in [3.8, 4) is 0 Å². The van der Waals surface area contributed by atoms with Crippen molar-refractivity contribution in [2.45, 2.75) is 36.4 Å². The van der Waals surface area contributed by atoms with Gasteiger partial charge in [-0.3, -0.25) is 4.57 Å². The number of alkyl halides is 2. The highest BCUT2D eigenvalue weighted by Gasteiger charge is 2.76. The van der Waals surface area contributed by atoms with Crippen LogP contribution < -0.4 is 11.4 Å². The first kappa shape index (κ1) is 12.5. The minimum absolute atomic E-state index is 0.0998. The topological polar surface area (TPSA) is 111 Å². The van der Waals surface area contributed by atoms with Gasteiger partial charge in [0.05, 0.1) is 6.10 Å². The molecule has 9 heteroatoms. The second kappa shape index (κ2) is 3.50. The summed E-state index contributed by atoms with van der Waals surface area (Å²) < 4.78 is 33.5. The Hall–Kier alpha value is -1.58. The van der Waals surface area contributed by atoms with Gasteiger partial charge in [0.1, 0.15) is 11.4 Å². The number of aliphatic hydroxyl groups excluding tert-OH is 2. The number of nitrogen functional groups attached to an aromatic ring is 1. The molecule has 1 saturated carbocycles. The summed E-state index contributed by atoms with van der Waals surface area (Å²) in [4.78, 5) is 14.9. The van der Waals surface area contributed by atoms with Crippen LogP contribution in [0.25, 0.3) is 0 Å².